The zero-order valence-electron chi connectivity index (χ0n) is 12.4. The third kappa shape index (κ3) is 3.42. The van der Waals surface area contributed by atoms with Crippen LogP contribution in [-0.4, -0.2) is 42.2 Å². The van der Waals surface area contributed by atoms with Gasteiger partial charge in [-0.2, -0.15) is 0 Å². The highest BCUT2D eigenvalue weighted by Gasteiger charge is 2.24. The molecule has 0 spiro atoms. The molecule has 0 fully saturated rings. The van der Waals surface area contributed by atoms with Gasteiger partial charge in [0.25, 0.3) is 5.91 Å². The first-order chi connectivity index (χ1) is 9.60. The number of carbonyl (C=O) groups excluding carboxylic acids is 1. The van der Waals surface area contributed by atoms with Crippen LogP contribution in [0.15, 0.2) is 18.2 Å². The summed E-state index contributed by atoms with van der Waals surface area (Å²) in [7, 11) is 1.46. The molecule has 0 atom stereocenters. The summed E-state index contributed by atoms with van der Waals surface area (Å²) in [4.78, 5) is 14.4. The molecule has 3 N–H and O–H groups in total. The molecule has 0 saturated carbocycles. The number of phenolic OH excluding ortho intramolecular Hbond substituents is 1. The number of hydrogen-bond donors (Lipinski definition) is 2. The molecular weight excluding hydrogens is 256 g/mol. The van der Waals surface area contributed by atoms with Crippen LogP contribution >= 0.6 is 0 Å². The van der Waals surface area contributed by atoms with E-state index in [1.165, 1.54) is 7.11 Å². The second-order valence-electron chi connectivity index (χ2n) is 4.61. The minimum Gasteiger partial charge on any atom is -0.504 e. The van der Waals surface area contributed by atoms with E-state index in [1.54, 1.807) is 23.1 Å². The van der Waals surface area contributed by atoms with Crippen LogP contribution in [0.1, 0.15) is 37.0 Å². The maximum absolute atomic E-state index is 12.6. The van der Waals surface area contributed by atoms with Crippen molar-refractivity contribution >= 4 is 5.91 Å². The van der Waals surface area contributed by atoms with E-state index in [0.29, 0.717) is 18.8 Å². The fraction of sp³-hybridized carbons (Fsp3) is 0.533. The molecule has 0 aromatic heterocycles. The van der Waals surface area contributed by atoms with Gasteiger partial charge in [-0.3, -0.25) is 4.79 Å². The second-order valence-corrected chi connectivity index (χ2v) is 4.61. The Morgan fingerprint density at radius 1 is 1.40 bits per heavy atom. The highest BCUT2D eigenvalue weighted by Crippen LogP contribution is 2.30. The van der Waals surface area contributed by atoms with E-state index < -0.39 is 0 Å². The average molecular weight is 280 g/mol. The van der Waals surface area contributed by atoms with Gasteiger partial charge in [-0.05, 0) is 25.0 Å². The predicted molar refractivity (Wildman–Crippen MR) is 79.1 cm³/mol. The summed E-state index contributed by atoms with van der Waals surface area (Å²) in [5, 5.41) is 10.1. The van der Waals surface area contributed by atoms with Crippen molar-refractivity contribution in [1.82, 2.24) is 4.90 Å². The molecule has 0 aliphatic rings. The molecule has 1 aromatic carbocycles. The molecule has 1 amide bonds. The van der Waals surface area contributed by atoms with Crippen molar-refractivity contribution in [3.8, 4) is 11.5 Å². The Bertz CT molecular complexity index is 445. The minimum atomic E-state index is -0.208. The summed E-state index contributed by atoms with van der Waals surface area (Å²) in [5.41, 5.74) is 5.86. The molecule has 0 heterocycles. The number of rotatable bonds is 7. The molecule has 0 aliphatic carbocycles. The fourth-order valence-electron chi connectivity index (χ4n) is 2.33. The number of para-hydroxylation sites is 1. The topological polar surface area (TPSA) is 75.8 Å². The number of carbonyl (C=O) groups is 1. The first kappa shape index (κ1) is 16.3. The molecule has 5 heteroatoms. The van der Waals surface area contributed by atoms with Crippen LogP contribution in [0.2, 0.25) is 0 Å². The summed E-state index contributed by atoms with van der Waals surface area (Å²) >= 11 is 0. The van der Waals surface area contributed by atoms with Crippen LogP contribution in [0.4, 0.5) is 0 Å². The first-order valence-electron chi connectivity index (χ1n) is 6.97. The maximum Gasteiger partial charge on any atom is 0.258 e. The third-order valence-corrected chi connectivity index (χ3v) is 3.46. The van der Waals surface area contributed by atoms with Crippen LogP contribution in [0.25, 0.3) is 0 Å². The normalized spacial score (nSPS) is 10.7. The Balaban J connectivity index is 3.12. The lowest BCUT2D eigenvalue weighted by molar-refractivity contribution is 0.0670. The summed E-state index contributed by atoms with van der Waals surface area (Å²) in [6.07, 6.45) is 1.71. The Morgan fingerprint density at radius 3 is 2.55 bits per heavy atom. The average Bonchev–Trinajstić information content (AvgIpc) is 2.47. The van der Waals surface area contributed by atoms with Crippen LogP contribution < -0.4 is 10.5 Å². The van der Waals surface area contributed by atoms with Gasteiger partial charge in [0, 0.05) is 19.1 Å². The van der Waals surface area contributed by atoms with Gasteiger partial charge in [-0.15, -0.1) is 0 Å². The Hall–Kier alpha value is -1.75. The van der Waals surface area contributed by atoms with Crippen molar-refractivity contribution in [3.05, 3.63) is 23.8 Å². The Labute approximate surface area is 120 Å². The van der Waals surface area contributed by atoms with Gasteiger partial charge in [0.1, 0.15) is 0 Å². The fourth-order valence-corrected chi connectivity index (χ4v) is 2.33. The molecule has 112 valence electrons. The summed E-state index contributed by atoms with van der Waals surface area (Å²) in [5.74, 6) is -0.0263. The molecule has 1 aromatic rings. The second kappa shape index (κ2) is 7.75. The number of amides is 1. The third-order valence-electron chi connectivity index (χ3n) is 3.46. The molecule has 0 bridgehead atoms. The van der Waals surface area contributed by atoms with Crippen molar-refractivity contribution in [2.45, 2.75) is 32.7 Å². The van der Waals surface area contributed by atoms with E-state index in [2.05, 4.69) is 0 Å². The van der Waals surface area contributed by atoms with Gasteiger partial charge in [-0.1, -0.05) is 19.9 Å². The summed E-state index contributed by atoms with van der Waals surface area (Å²) in [6.45, 7) is 4.95. The number of benzene rings is 1. The van der Waals surface area contributed by atoms with Crippen molar-refractivity contribution in [2.24, 2.45) is 5.73 Å². The van der Waals surface area contributed by atoms with E-state index in [-0.39, 0.29) is 23.3 Å². The van der Waals surface area contributed by atoms with Crippen molar-refractivity contribution in [1.29, 1.82) is 0 Å². The van der Waals surface area contributed by atoms with Gasteiger partial charge in [0.15, 0.2) is 11.5 Å². The SMILES string of the molecule is CCC(CC)N(CCN)C(=O)c1cccc(OC)c1O. The van der Waals surface area contributed by atoms with Crippen molar-refractivity contribution < 1.29 is 14.6 Å². The molecule has 5 nitrogen and oxygen atoms in total. The summed E-state index contributed by atoms with van der Waals surface area (Å²) in [6, 6.07) is 5.04. The number of aromatic hydroxyl groups is 1. The van der Waals surface area contributed by atoms with Gasteiger partial charge >= 0.3 is 0 Å². The molecule has 0 radical (unpaired) electrons. The lowest BCUT2D eigenvalue weighted by Crippen LogP contribution is -2.42. The van der Waals surface area contributed by atoms with Crippen LogP contribution in [0.5, 0.6) is 11.5 Å². The standard InChI is InChI=1S/C15H24N2O3/c1-4-11(5-2)17(10-9-16)15(19)12-7-6-8-13(20-3)14(12)18/h6-8,11,18H,4-5,9-10,16H2,1-3H3. The van der Waals surface area contributed by atoms with Gasteiger partial charge in [0.05, 0.1) is 12.7 Å². The van der Waals surface area contributed by atoms with E-state index >= 15 is 0 Å². The van der Waals surface area contributed by atoms with Gasteiger partial charge < -0.3 is 20.5 Å². The van der Waals surface area contributed by atoms with Crippen LogP contribution in [0, 0.1) is 0 Å². The highest BCUT2D eigenvalue weighted by atomic mass is 16.5. The van der Waals surface area contributed by atoms with Crippen LogP contribution in [0.3, 0.4) is 0 Å². The van der Waals surface area contributed by atoms with E-state index in [9.17, 15) is 9.90 Å². The Morgan fingerprint density at radius 2 is 2.05 bits per heavy atom. The number of ether oxygens (including phenoxy) is 1. The van der Waals surface area contributed by atoms with Crippen molar-refractivity contribution in [3.63, 3.8) is 0 Å². The zero-order valence-corrected chi connectivity index (χ0v) is 12.4. The number of nitrogens with zero attached hydrogens (tertiary/aromatic N) is 1. The lowest BCUT2D eigenvalue weighted by Gasteiger charge is -2.30. The predicted octanol–water partition coefficient (Wildman–Crippen LogP) is 1.99. The van der Waals surface area contributed by atoms with Gasteiger partial charge in [-0.25, -0.2) is 0 Å². The molecule has 0 saturated heterocycles. The molecule has 20 heavy (non-hydrogen) atoms. The minimum absolute atomic E-state index is 0.118. The highest BCUT2D eigenvalue weighted by molar-refractivity contribution is 5.97. The zero-order chi connectivity index (χ0) is 15.1. The molecule has 0 unspecified atom stereocenters. The van der Waals surface area contributed by atoms with Crippen molar-refractivity contribution in [2.75, 3.05) is 20.2 Å². The van der Waals surface area contributed by atoms with E-state index in [4.69, 9.17) is 10.5 Å². The first-order valence-corrected chi connectivity index (χ1v) is 6.97. The monoisotopic (exact) mass is 280 g/mol. The molecule has 1 rings (SSSR count). The molecular formula is C15H24N2O3. The largest absolute Gasteiger partial charge is 0.504 e. The Kier molecular flexibility index (Phi) is 6.31. The number of phenols is 1. The van der Waals surface area contributed by atoms with E-state index in [1.807, 2.05) is 13.8 Å². The van der Waals surface area contributed by atoms with Gasteiger partial charge in [0.2, 0.25) is 0 Å². The lowest BCUT2D eigenvalue weighted by atomic mass is 10.1. The number of hydrogen-bond acceptors (Lipinski definition) is 4. The summed E-state index contributed by atoms with van der Waals surface area (Å²) < 4.78 is 5.04. The maximum atomic E-state index is 12.6. The molecule has 0 aliphatic heterocycles. The number of nitrogens with two attached hydrogens (primary N) is 1. The van der Waals surface area contributed by atoms with E-state index in [0.717, 1.165) is 12.8 Å². The number of methoxy groups -OCH3 is 1. The van der Waals surface area contributed by atoms with Crippen LogP contribution in [-0.2, 0) is 0 Å². The quantitative estimate of drug-likeness (QED) is 0.801. The smallest absolute Gasteiger partial charge is 0.258 e.